The van der Waals surface area contributed by atoms with Crippen molar-refractivity contribution in [3.63, 3.8) is 0 Å². The number of amides is 2. The summed E-state index contributed by atoms with van der Waals surface area (Å²) in [7, 11) is -2.48. The molecule has 8 nitrogen and oxygen atoms in total. The van der Waals surface area contributed by atoms with Crippen LogP contribution in [0.3, 0.4) is 0 Å². The molecule has 1 N–H and O–H groups in total. The number of sulfonamides is 1. The number of carbonyl (C=O) groups excluding carboxylic acids is 2. The first-order chi connectivity index (χ1) is 16.3. The van der Waals surface area contributed by atoms with Crippen LogP contribution in [0.4, 0.5) is 5.69 Å². The van der Waals surface area contributed by atoms with Gasteiger partial charge in [0.25, 0.3) is 0 Å². The van der Waals surface area contributed by atoms with E-state index in [1.54, 1.807) is 49.4 Å². The molecule has 0 aromatic heterocycles. The topological polar surface area (TPSA) is 96.0 Å². The van der Waals surface area contributed by atoms with Crippen molar-refractivity contribution < 1.29 is 22.7 Å². The van der Waals surface area contributed by atoms with Gasteiger partial charge in [0.1, 0.15) is 11.3 Å². The molecule has 1 unspecified atom stereocenters. The van der Waals surface area contributed by atoms with Crippen LogP contribution in [0.15, 0.2) is 59.5 Å². The predicted molar refractivity (Wildman–Crippen MR) is 129 cm³/mol. The van der Waals surface area contributed by atoms with Crippen molar-refractivity contribution in [2.24, 2.45) is 0 Å². The summed E-state index contributed by atoms with van der Waals surface area (Å²) in [6.45, 7) is 1.08. The number of nitrogens with one attached hydrogen (secondary N) is 1. The number of hydrogen-bond acceptors (Lipinski definition) is 5. The quantitative estimate of drug-likeness (QED) is 0.679. The highest BCUT2D eigenvalue weighted by Crippen LogP contribution is 2.37. The van der Waals surface area contributed by atoms with Crippen LogP contribution in [-0.2, 0) is 19.6 Å². The fourth-order valence-corrected chi connectivity index (χ4v) is 6.36. The van der Waals surface area contributed by atoms with E-state index >= 15 is 0 Å². The molecule has 1 saturated carbocycles. The molecule has 2 amide bonds. The van der Waals surface area contributed by atoms with E-state index < -0.39 is 21.5 Å². The largest absolute Gasteiger partial charge is 0.495 e. The number of ether oxygens (including phenoxy) is 1. The number of piperazine rings is 1. The second kappa shape index (κ2) is 9.76. The summed E-state index contributed by atoms with van der Waals surface area (Å²) >= 11 is 0. The Balaban J connectivity index is 1.75. The number of benzene rings is 2. The maximum absolute atomic E-state index is 13.8. The van der Waals surface area contributed by atoms with E-state index in [4.69, 9.17) is 4.74 Å². The fraction of sp³-hybridized carbons (Fsp3) is 0.440. The molecule has 2 aliphatic rings. The minimum Gasteiger partial charge on any atom is -0.495 e. The maximum atomic E-state index is 13.8. The van der Waals surface area contributed by atoms with Gasteiger partial charge in [-0.2, -0.15) is 4.31 Å². The van der Waals surface area contributed by atoms with E-state index in [-0.39, 0.29) is 29.9 Å². The van der Waals surface area contributed by atoms with Gasteiger partial charge >= 0.3 is 0 Å². The summed E-state index contributed by atoms with van der Waals surface area (Å²) in [5, 5.41) is 3.10. The maximum Gasteiger partial charge on any atom is 0.247 e. The lowest BCUT2D eigenvalue weighted by Crippen LogP contribution is -2.70. The Morgan fingerprint density at radius 2 is 1.68 bits per heavy atom. The summed E-state index contributed by atoms with van der Waals surface area (Å²) in [6, 6.07) is 15.0. The number of rotatable bonds is 6. The number of methoxy groups -OCH3 is 1. The summed E-state index contributed by atoms with van der Waals surface area (Å²) in [5.41, 5.74) is -1.03. The Labute approximate surface area is 200 Å². The van der Waals surface area contributed by atoms with Gasteiger partial charge in [0.15, 0.2) is 0 Å². The first-order valence-electron chi connectivity index (χ1n) is 11.6. The molecule has 182 valence electrons. The molecule has 2 aromatic rings. The average Bonchev–Trinajstić information content (AvgIpc) is 2.85. The smallest absolute Gasteiger partial charge is 0.247 e. The van der Waals surface area contributed by atoms with Crippen molar-refractivity contribution in [1.29, 1.82) is 0 Å². The van der Waals surface area contributed by atoms with Gasteiger partial charge in [0.05, 0.1) is 24.2 Å². The monoisotopic (exact) mass is 485 g/mol. The molecular formula is C25H31N3O5S. The number of anilines is 1. The van der Waals surface area contributed by atoms with Crippen molar-refractivity contribution in [1.82, 2.24) is 9.62 Å². The standard InChI is InChI=1S/C25H31N3O5S/c1-25(24(30)26-19-11-5-3-6-12-19)18-27(34(31,32)20-13-7-4-8-14-20)17-23(29)28(25)21-15-9-10-16-22(21)33-2/h4,7-10,13-16,19H,3,5-6,11-12,17-18H2,1-2H3,(H,26,30). The molecule has 9 heteroatoms. The molecule has 2 aromatic carbocycles. The van der Waals surface area contributed by atoms with E-state index in [1.807, 2.05) is 0 Å². The van der Waals surface area contributed by atoms with Crippen LogP contribution in [0.5, 0.6) is 5.75 Å². The van der Waals surface area contributed by atoms with Gasteiger partial charge in [-0.15, -0.1) is 0 Å². The zero-order valence-electron chi connectivity index (χ0n) is 19.6. The van der Waals surface area contributed by atoms with Gasteiger partial charge in [-0.3, -0.25) is 14.5 Å². The predicted octanol–water partition coefficient (Wildman–Crippen LogP) is 2.94. The number of carbonyl (C=O) groups is 2. The molecule has 2 fully saturated rings. The summed E-state index contributed by atoms with van der Waals surface area (Å²) < 4.78 is 33.4. The van der Waals surface area contributed by atoms with Gasteiger partial charge in [-0.1, -0.05) is 49.6 Å². The van der Waals surface area contributed by atoms with Crippen LogP contribution in [0.2, 0.25) is 0 Å². The van der Waals surface area contributed by atoms with Gasteiger partial charge in [-0.25, -0.2) is 8.42 Å². The number of nitrogens with zero attached hydrogens (tertiary/aromatic N) is 2. The molecule has 1 saturated heterocycles. The highest BCUT2D eigenvalue weighted by molar-refractivity contribution is 7.89. The van der Waals surface area contributed by atoms with Crippen molar-refractivity contribution in [3.05, 3.63) is 54.6 Å². The summed E-state index contributed by atoms with van der Waals surface area (Å²) in [5.74, 6) is -0.421. The van der Waals surface area contributed by atoms with Crippen molar-refractivity contribution in [2.45, 2.75) is 55.5 Å². The molecule has 1 heterocycles. The fourth-order valence-electron chi connectivity index (χ4n) is 4.85. The van der Waals surface area contributed by atoms with Gasteiger partial charge in [-0.05, 0) is 44.0 Å². The van der Waals surface area contributed by atoms with Crippen LogP contribution in [0.25, 0.3) is 0 Å². The third-order valence-corrected chi connectivity index (χ3v) is 8.48. The van der Waals surface area contributed by atoms with Crippen LogP contribution >= 0.6 is 0 Å². The lowest BCUT2D eigenvalue weighted by molar-refractivity contribution is -0.133. The van der Waals surface area contributed by atoms with E-state index in [1.165, 1.54) is 24.1 Å². The van der Waals surface area contributed by atoms with Gasteiger partial charge in [0.2, 0.25) is 21.8 Å². The minimum absolute atomic E-state index is 0.00815. The molecule has 1 aliphatic carbocycles. The number of hydrogen-bond donors (Lipinski definition) is 1. The van der Waals surface area contributed by atoms with E-state index in [0.29, 0.717) is 11.4 Å². The second-order valence-electron chi connectivity index (χ2n) is 9.07. The Bertz CT molecular complexity index is 1150. The number of para-hydroxylation sites is 2. The van der Waals surface area contributed by atoms with Gasteiger partial charge < -0.3 is 10.1 Å². The summed E-state index contributed by atoms with van der Waals surface area (Å²) in [4.78, 5) is 28.8. The Morgan fingerprint density at radius 1 is 1.03 bits per heavy atom. The van der Waals surface area contributed by atoms with Crippen molar-refractivity contribution in [3.8, 4) is 5.75 Å². The second-order valence-corrected chi connectivity index (χ2v) is 11.0. The molecule has 0 radical (unpaired) electrons. The van der Waals surface area contributed by atoms with Crippen LogP contribution in [-0.4, -0.2) is 56.3 Å². The molecule has 0 bridgehead atoms. The molecule has 1 aliphatic heterocycles. The molecular weight excluding hydrogens is 454 g/mol. The Morgan fingerprint density at radius 3 is 2.35 bits per heavy atom. The molecule has 0 spiro atoms. The SMILES string of the molecule is COc1ccccc1N1C(=O)CN(S(=O)(=O)c2ccccc2)CC1(C)C(=O)NC1CCCCC1. The highest BCUT2D eigenvalue weighted by atomic mass is 32.2. The van der Waals surface area contributed by atoms with E-state index in [2.05, 4.69) is 5.32 Å². The lowest BCUT2D eigenvalue weighted by atomic mass is 9.91. The molecule has 34 heavy (non-hydrogen) atoms. The van der Waals surface area contributed by atoms with Crippen LogP contribution in [0, 0.1) is 0 Å². The zero-order valence-corrected chi connectivity index (χ0v) is 20.4. The van der Waals surface area contributed by atoms with Crippen LogP contribution in [0.1, 0.15) is 39.0 Å². The van der Waals surface area contributed by atoms with E-state index in [9.17, 15) is 18.0 Å². The first-order valence-corrected chi connectivity index (χ1v) is 13.0. The third kappa shape index (κ3) is 4.54. The van der Waals surface area contributed by atoms with Crippen molar-refractivity contribution in [2.75, 3.05) is 25.1 Å². The highest BCUT2D eigenvalue weighted by Gasteiger charge is 2.52. The van der Waals surface area contributed by atoms with Gasteiger partial charge in [0, 0.05) is 12.6 Å². The Kier molecular flexibility index (Phi) is 6.95. The molecule has 1 atom stereocenters. The lowest BCUT2D eigenvalue weighted by Gasteiger charge is -2.47. The minimum atomic E-state index is -3.98. The normalized spacial score (nSPS) is 22.4. The van der Waals surface area contributed by atoms with Crippen LogP contribution < -0.4 is 15.0 Å². The zero-order chi connectivity index (χ0) is 24.3. The van der Waals surface area contributed by atoms with Crippen molar-refractivity contribution >= 4 is 27.5 Å². The first kappa shape index (κ1) is 24.2. The molecule has 4 rings (SSSR count). The average molecular weight is 486 g/mol. The van der Waals surface area contributed by atoms with E-state index in [0.717, 1.165) is 36.4 Å². The Hall–Kier alpha value is -2.91. The summed E-state index contributed by atoms with van der Waals surface area (Å²) in [6.07, 6.45) is 4.95. The third-order valence-electron chi connectivity index (χ3n) is 6.68.